The van der Waals surface area contributed by atoms with Gasteiger partial charge < -0.3 is 4.90 Å². The zero-order chi connectivity index (χ0) is 18.4. The van der Waals surface area contributed by atoms with Gasteiger partial charge in [-0.25, -0.2) is 0 Å². The third-order valence-electron chi connectivity index (χ3n) is 3.90. The first-order valence-electron chi connectivity index (χ1n) is 7.91. The van der Waals surface area contributed by atoms with E-state index in [0.717, 1.165) is 28.8 Å². The number of non-ortho nitro benzene ring substituents is 1. The van der Waals surface area contributed by atoms with Gasteiger partial charge in [0.05, 0.1) is 22.3 Å². The van der Waals surface area contributed by atoms with Crippen molar-refractivity contribution < 1.29 is 4.92 Å². The van der Waals surface area contributed by atoms with E-state index in [-0.39, 0.29) is 5.69 Å². The molecule has 0 aromatic heterocycles. The number of halogens is 1. The van der Waals surface area contributed by atoms with Gasteiger partial charge in [0, 0.05) is 29.7 Å². The number of anilines is 1. The summed E-state index contributed by atoms with van der Waals surface area (Å²) in [7, 11) is 0. The van der Waals surface area contributed by atoms with Gasteiger partial charge >= 0.3 is 0 Å². The third-order valence-corrected chi connectivity index (χ3v) is 4.53. The van der Waals surface area contributed by atoms with E-state index in [2.05, 4.69) is 40.7 Å². The molecule has 0 aliphatic rings. The first-order valence-corrected chi connectivity index (χ1v) is 8.70. The van der Waals surface area contributed by atoms with Crippen LogP contribution in [0.25, 0.3) is 11.6 Å². The Morgan fingerprint density at radius 1 is 1.24 bits per heavy atom. The molecule has 0 fully saturated rings. The van der Waals surface area contributed by atoms with Crippen molar-refractivity contribution in [2.45, 2.75) is 13.8 Å². The van der Waals surface area contributed by atoms with Crippen molar-refractivity contribution >= 4 is 39.0 Å². The Hall–Kier alpha value is -2.65. The Morgan fingerprint density at radius 2 is 1.88 bits per heavy atom. The molecule has 0 radical (unpaired) electrons. The van der Waals surface area contributed by atoms with Crippen LogP contribution in [0.3, 0.4) is 0 Å². The monoisotopic (exact) mass is 399 g/mol. The molecule has 0 aliphatic heterocycles. The zero-order valence-corrected chi connectivity index (χ0v) is 15.7. The SMILES string of the molecule is CCN(CC)c1ccc(C=C(C#N)c2ccc([N+](=O)[O-])cc2)cc1Br. The lowest BCUT2D eigenvalue weighted by Gasteiger charge is -2.22. The second-order valence-electron chi connectivity index (χ2n) is 5.36. The number of nitro benzene ring substituents is 1. The number of benzene rings is 2. The van der Waals surface area contributed by atoms with Gasteiger partial charge in [-0.1, -0.05) is 6.07 Å². The van der Waals surface area contributed by atoms with Crippen LogP contribution in [-0.2, 0) is 0 Å². The summed E-state index contributed by atoms with van der Waals surface area (Å²) < 4.78 is 0.964. The molecule has 0 N–H and O–H groups in total. The number of nitrogens with zero attached hydrogens (tertiary/aromatic N) is 3. The van der Waals surface area contributed by atoms with Crippen molar-refractivity contribution in [1.82, 2.24) is 0 Å². The van der Waals surface area contributed by atoms with Crippen molar-refractivity contribution in [2.24, 2.45) is 0 Å². The maximum atomic E-state index is 10.7. The minimum Gasteiger partial charge on any atom is -0.371 e. The van der Waals surface area contributed by atoms with Crippen molar-refractivity contribution in [1.29, 1.82) is 5.26 Å². The van der Waals surface area contributed by atoms with E-state index < -0.39 is 4.92 Å². The van der Waals surface area contributed by atoms with Crippen LogP contribution < -0.4 is 4.90 Å². The van der Waals surface area contributed by atoms with Gasteiger partial charge in [0.25, 0.3) is 5.69 Å². The van der Waals surface area contributed by atoms with Gasteiger partial charge in [-0.15, -0.1) is 0 Å². The Labute approximate surface area is 155 Å². The lowest BCUT2D eigenvalue weighted by Crippen LogP contribution is -2.22. The first-order chi connectivity index (χ1) is 12.0. The van der Waals surface area contributed by atoms with Crippen LogP contribution >= 0.6 is 15.9 Å². The summed E-state index contributed by atoms with van der Waals surface area (Å²) in [5, 5.41) is 20.2. The number of hydrogen-bond acceptors (Lipinski definition) is 4. The zero-order valence-electron chi connectivity index (χ0n) is 14.1. The molecule has 0 spiro atoms. The number of nitriles is 1. The van der Waals surface area contributed by atoms with E-state index >= 15 is 0 Å². The molecular formula is C19H18BrN3O2. The van der Waals surface area contributed by atoms with Gasteiger partial charge in [-0.05, 0) is 71.2 Å². The van der Waals surface area contributed by atoms with Crippen LogP contribution in [0, 0.1) is 21.4 Å². The average molecular weight is 400 g/mol. The fraction of sp³-hybridized carbons (Fsp3) is 0.211. The lowest BCUT2D eigenvalue weighted by molar-refractivity contribution is -0.384. The summed E-state index contributed by atoms with van der Waals surface area (Å²) in [4.78, 5) is 12.5. The van der Waals surface area contributed by atoms with E-state index in [1.807, 2.05) is 18.2 Å². The Balaban J connectivity index is 2.35. The highest BCUT2D eigenvalue weighted by atomic mass is 79.9. The van der Waals surface area contributed by atoms with E-state index in [0.29, 0.717) is 11.1 Å². The smallest absolute Gasteiger partial charge is 0.269 e. The normalized spacial score (nSPS) is 11.0. The molecule has 0 heterocycles. The summed E-state index contributed by atoms with van der Waals surface area (Å²) in [6.07, 6.45) is 1.78. The molecule has 6 heteroatoms. The van der Waals surface area contributed by atoms with Gasteiger partial charge in [-0.3, -0.25) is 10.1 Å². The van der Waals surface area contributed by atoms with Crippen LogP contribution in [0.2, 0.25) is 0 Å². The summed E-state index contributed by atoms with van der Waals surface area (Å²) >= 11 is 3.59. The summed E-state index contributed by atoms with van der Waals surface area (Å²) in [6, 6.07) is 14.1. The molecule has 0 saturated carbocycles. The summed E-state index contributed by atoms with van der Waals surface area (Å²) in [5.41, 5.74) is 3.11. The molecule has 5 nitrogen and oxygen atoms in total. The fourth-order valence-corrected chi connectivity index (χ4v) is 3.19. The second-order valence-corrected chi connectivity index (χ2v) is 6.21. The van der Waals surface area contributed by atoms with Crippen LogP contribution in [0.1, 0.15) is 25.0 Å². The summed E-state index contributed by atoms with van der Waals surface area (Å²) in [6.45, 7) is 6.03. The van der Waals surface area contributed by atoms with Crippen LogP contribution in [0.15, 0.2) is 46.9 Å². The van der Waals surface area contributed by atoms with Crippen LogP contribution in [0.5, 0.6) is 0 Å². The molecular weight excluding hydrogens is 382 g/mol. The number of nitro groups is 1. The molecule has 0 aliphatic carbocycles. The molecule has 2 aromatic rings. The maximum absolute atomic E-state index is 10.7. The molecule has 128 valence electrons. The summed E-state index contributed by atoms with van der Waals surface area (Å²) in [5.74, 6) is 0. The van der Waals surface area contributed by atoms with Gasteiger partial charge in [-0.2, -0.15) is 5.26 Å². The first kappa shape index (κ1) is 18.7. The third kappa shape index (κ3) is 4.46. The number of hydrogen-bond donors (Lipinski definition) is 0. The topological polar surface area (TPSA) is 70.2 Å². The fourth-order valence-electron chi connectivity index (χ4n) is 2.54. The van der Waals surface area contributed by atoms with Gasteiger partial charge in [0.1, 0.15) is 0 Å². The van der Waals surface area contributed by atoms with Crippen LogP contribution in [-0.4, -0.2) is 18.0 Å². The highest BCUT2D eigenvalue weighted by molar-refractivity contribution is 9.10. The minimum absolute atomic E-state index is 0.00681. The van der Waals surface area contributed by atoms with Gasteiger partial charge in [0.2, 0.25) is 0 Å². The average Bonchev–Trinajstić information content (AvgIpc) is 2.62. The lowest BCUT2D eigenvalue weighted by atomic mass is 10.0. The quantitative estimate of drug-likeness (QED) is 0.287. The standard InChI is InChI=1S/C19H18BrN3O2/c1-3-22(4-2)19-10-5-14(12-18(19)20)11-16(13-21)15-6-8-17(9-7-15)23(24)25/h5-12H,3-4H2,1-2H3. The minimum atomic E-state index is -0.456. The van der Waals surface area contributed by atoms with E-state index in [1.54, 1.807) is 18.2 Å². The number of rotatable bonds is 6. The van der Waals surface area contributed by atoms with Crippen LogP contribution in [0.4, 0.5) is 11.4 Å². The predicted octanol–water partition coefficient (Wildman–Crippen LogP) is 5.27. The molecule has 2 aromatic carbocycles. The molecule has 0 atom stereocenters. The highest BCUT2D eigenvalue weighted by Crippen LogP contribution is 2.29. The largest absolute Gasteiger partial charge is 0.371 e. The Bertz CT molecular complexity index is 835. The second kappa shape index (κ2) is 8.45. The molecule has 0 bridgehead atoms. The van der Waals surface area contributed by atoms with Crippen molar-refractivity contribution in [3.63, 3.8) is 0 Å². The molecule has 0 saturated heterocycles. The molecule has 2 rings (SSSR count). The molecule has 25 heavy (non-hydrogen) atoms. The Kier molecular flexibility index (Phi) is 6.31. The van der Waals surface area contributed by atoms with E-state index in [4.69, 9.17) is 0 Å². The van der Waals surface area contributed by atoms with Crippen molar-refractivity contribution in [3.05, 3.63) is 68.2 Å². The maximum Gasteiger partial charge on any atom is 0.269 e. The van der Waals surface area contributed by atoms with E-state index in [1.165, 1.54) is 12.1 Å². The predicted molar refractivity (Wildman–Crippen MR) is 104 cm³/mol. The number of allylic oxidation sites excluding steroid dienone is 1. The van der Waals surface area contributed by atoms with Gasteiger partial charge in [0.15, 0.2) is 0 Å². The highest BCUT2D eigenvalue weighted by Gasteiger charge is 2.09. The molecule has 0 amide bonds. The Morgan fingerprint density at radius 3 is 2.36 bits per heavy atom. The van der Waals surface area contributed by atoms with Crippen molar-refractivity contribution in [3.8, 4) is 6.07 Å². The molecule has 0 unspecified atom stereocenters. The van der Waals surface area contributed by atoms with E-state index in [9.17, 15) is 15.4 Å². The van der Waals surface area contributed by atoms with Crippen molar-refractivity contribution in [2.75, 3.05) is 18.0 Å².